The molecule has 25 heavy (non-hydrogen) atoms. The van der Waals surface area contributed by atoms with Gasteiger partial charge in [0.25, 0.3) is 5.91 Å². The Balaban J connectivity index is 2.17. The van der Waals surface area contributed by atoms with Crippen molar-refractivity contribution in [2.24, 2.45) is 0 Å². The van der Waals surface area contributed by atoms with Gasteiger partial charge in [-0.15, -0.1) is 0 Å². The molecule has 2 amide bonds. The van der Waals surface area contributed by atoms with Crippen molar-refractivity contribution >= 4 is 40.5 Å². The first-order valence-corrected chi connectivity index (χ1v) is 7.31. The first kappa shape index (κ1) is 18.6. The number of carbonyl (C=O) groups excluding carboxylic acids is 2. The number of benzene rings is 2. The number of alkyl halides is 3. The van der Waals surface area contributed by atoms with Crippen LogP contribution < -0.4 is 16.4 Å². The summed E-state index contributed by atoms with van der Waals surface area (Å²) in [5.74, 6) is -2.59. The van der Waals surface area contributed by atoms with Gasteiger partial charge in [-0.3, -0.25) is 9.59 Å². The van der Waals surface area contributed by atoms with E-state index in [1.165, 1.54) is 30.3 Å². The van der Waals surface area contributed by atoms with Crippen molar-refractivity contribution in [2.45, 2.75) is 13.1 Å². The number of hydrogen-bond acceptors (Lipinski definition) is 3. The molecule has 0 saturated heterocycles. The molecule has 0 aliphatic rings. The second-order valence-corrected chi connectivity index (χ2v) is 5.58. The zero-order chi connectivity index (χ0) is 18.8. The first-order valence-electron chi connectivity index (χ1n) is 6.93. The van der Waals surface area contributed by atoms with Crippen LogP contribution in [0, 0.1) is 6.92 Å². The van der Waals surface area contributed by atoms with Crippen LogP contribution in [0.3, 0.4) is 0 Å². The number of anilines is 3. The molecule has 132 valence electrons. The van der Waals surface area contributed by atoms with Crippen LogP contribution in [0.5, 0.6) is 0 Å². The first-order chi connectivity index (χ1) is 11.6. The minimum absolute atomic E-state index is 0.0418. The zero-order valence-electron chi connectivity index (χ0n) is 12.9. The molecule has 4 N–H and O–H groups in total. The Bertz CT molecular complexity index is 838. The van der Waals surface area contributed by atoms with Crippen molar-refractivity contribution in [3.63, 3.8) is 0 Å². The largest absolute Gasteiger partial charge is 0.471 e. The number of carbonyl (C=O) groups is 2. The number of halogens is 4. The number of aryl methyl sites for hydroxylation is 1. The molecule has 0 aromatic heterocycles. The Labute approximate surface area is 146 Å². The van der Waals surface area contributed by atoms with Crippen LogP contribution in [-0.2, 0) is 4.79 Å². The molecule has 0 saturated carbocycles. The van der Waals surface area contributed by atoms with Crippen molar-refractivity contribution in [3.8, 4) is 0 Å². The van der Waals surface area contributed by atoms with Gasteiger partial charge < -0.3 is 16.4 Å². The average molecular weight is 372 g/mol. The molecule has 0 aliphatic heterocycles. The van der Waals surface area contributed by atoms with Crippen LogP contribution in [0.4, 0.5) is 30.2 Å². The minimum Gasteiger partial charge on any atom is -0.399 e. The summed E-state index contributed by atoms with van der Waals surface area (Å²) in [7, 11) is 0. The summed E-state index contributed by atoms with van der Waals surface area (Å²) in [5, 5.41) is 4.54. The maximum Gasteiger partial charge on any atom is 0.471 e. The van der Waals surface area contributed by atoms with E-state index in [-0.39, 0.29) is 16.3 Å². The second-order valence-electron chi connectivity index (χ2n) is 5.17. The van der Waals surface area contributed by atoms with E-state index in [0.717, 1.165) is 0 Å². The van der Waals surface area contributed by atoms with Gasteiger partial charge in [0.2, 0.25) is 0 Å². The Morgan fingerprint density at radius 1 is 1.08 bits per heavy atom. The summed E-state index contributed by atoms with van der Waals surface area (Å²) in [6, 6.07) is 8.36. The van der Waals surface area contributed by atoms with Crippen LogP contribution in [-0.4, -0.2) is 18.0 Å². The normalized spacial score (nSPS) is 11.1. The molecular weight excluding hydrogens is 359 g/mol. The van der Waals surface area contributed by atoms with E-state index in [1.807, 2.05) is 0 Å². The monoisotopic (exact) mass is 371 g/mol. The average Bonchev–Trinajstić information content (AvgIpc) is 2.51. The molecule has 0 radical (unpaired) electrons. The fourth-order valence-corrected chi connectivity index (χ4v) is 2.19. The molecule has 2 aromatic carbocycles. The Morgan fingerprint density at radius 2 is 1.76 bits per heavy atom. The predicted octanol–water partition coefficient (Wildman–Crippen LogP) is 3.98. The standard InChI is InChI=1S/C16H13ClF3N3O2/c1-8-6-10(22-15(25)16(18,19)20)3-5-13(8)23-14(24)11-7-9(21)2-4-12(11)17/h2-7H,21H2,1H3,(H,22,25)(H,23,24). The van der Waals surface area contributed by atoms with Crippen molar-refractivity contribution in [1.82, 2.24) is 0 Å². The van der Waals surface area contributed by atoms with Crippen molar-refractivity contribution in [2.75, 3.05) is 16.4 Å². The van der Waals surface area contributed by atoms with Gasteiger partial charge >= 0.3 is 12.1 Å². The van der Waals surface area contributed by atoms with Crippen LogP contribution in [0.1, 0.15) is 15.9 Å². The van der Waals surface area contributed by atoms with Gasteiger partial charge in [0, 0.05) is 17.1 Å². The molecule has 0 bridgehead atoms. The lowest BCUT2D eigenvalue weighted by Gasteiger charge is -2.13. The number of nitrogens with two attached hydrogens (primary N) is 1. The third kappa shape index (κ3) is 4.63. The Kier molecular flexibility index (Phi) is 5.22. The summed E-state index contributed by atoms with van der Waals surface area (Å²) in [5.41, 5.74) is 6.90. The number of rotatable bonds is 3. The zero-order valence-corrected chi connectivity index (χ0v) is 13.6. The van der Waals surface area contributed by atoms with Crippen LogP contribution in [0.2, 0.25) is 5.02 Å². The van der Waals surface area contributed by atoms with Gasteiger partial charge in [0.15, 0.2) is 0 Å². The Hall–Kier alpha value is -2.74. The van der Waals surface area contributed by atoms with Crippen LogP contribution in [0.25, 0.3) is 0 Å². The number of hydrogen-bond donors (Lipinski definition) is 3. The smallest absolute Gasteiger partial charge is 0.399 e. The van der Waals surface area contributed by atoms with E-state index in [9.17, 15) is 22.8 Å². The van der Waals surface area contributed by atoms with Crippen molar-refractivity contribution in [3.05, 3.63) is 52.5 Å². The van der Waals surface area contributed by atoms with E-state index in [1.54, 1.807) is 18.3 Å². The molecule has 0 heterocycles. The van der Waals surface area contributed by atoms with Gasteiger partial charge in [0.05, 0.1) is 10.6 Å². The topological polar surface area (TPSA) is 84.2 Å². The number of nitrogens with one attached hydrogen (secondary N) is 2. The highest BCUT2D eigenvalue weighted by Crippen LogP contribution is 2.25. The summed E-state index contributed by atoms with van der Waals surface area (Å²) in [6.45, 7) is 1.57. The summed E-state index contributed by atoms with van der Waals surface area (Å²) in [4.78, 5) is 23.2. The molecule has 0 aliphatic carbocycles. The van der Waals surface area contributed by atoms with Crippen molar-refractivity contribution in [1.29, 1.82) is 0 Å². The lowest BCUT2D eigenvalue weighted by molar-refractivity contribution is -0.167. The van der Waals surface area contributed by atoms with E-state index in [4.69, 9.17) is 17.3 Å². The molecule has 2 rings (SSSR count). The maximum absolute atomic E-state index is 12.3. The van der Waals surface area contributed by atoms with E-state index in [0.29, 0.717) is 16.9 Å². The summed E-state index contributed by atoms with van der Waals surface area (Å²) >= 11 is 5.95. The highest BCUT2D eigenvalue weighted by atomic mass is 35.5. The molecular formula is C16H13ClF3N3O2. The van der Waals surface area contributed by atoms with Gasteiger partial charge in [-0.1, -0.05) is 11.6 Å². The molecule has 0 atom stereocenters. The van der Waals surface area contributed by atoms with E-state index < -0.39 is 18.0 Å². The molecule has 0 spiro atoms. The van der Waals surface area contributed by atoms with Gasteiger partial charge in [-0.05, 0) is 48.9 Å². The Morgan fingerprint density at radius 3 is 2.36 bits per heavy atom. The predicted molar refractivity (Wildman–Crippen MR) is 89.7 cm³/mol. The number of nitrogen functional groups attached to an aromatic ring is 1. The highest BCUT2D eigenvalue weighted by Gasteiger charge is 2.38. The summed E-state index contributed by atoms with van der Waals surface area (Å²) < 4.78 is 36.8. The van der Waals surface area contributed by atoms with E-state index >= 15 is 0 Å². The number of amides is 2. The van der Waals surface area contributed by atoms with Crippen molar-refractivity contribution < 1.29 is 22.8 Å². The fraction of sp³-hybridized carbons (Fsp3) is 0.125. The van der Waals surface area contributed by atoms with Gasteiger partial charge in [-0.25, -0.2) is 0 Å². The third-order valence-corrected chi connectivity index (χ3v) is 3.55. The molecule has 9 heteroatoms. The van der Waals surface area contributed by atoms with Gasteiger partial charge in [-0.2, -0.15) is 13.2 Å². The molecule has 0 fully saturated rings. The van der Waals surface area contributed by atoms with Crippen LogP contribution >= 0.6 is 11.6 Å². The highest BCUT2D eigenvalue weighted by molar-refractivity contribution is 6.34. The lowest BCUT2D eigenvalue weighted by atomic mass is 10.1. The van der Waals surface area contributed by atoms with Crippen LogP contribution in [0.15, 0.2) is 36.4 Å². The summed E-state index contributed by atoms with van der Waals surface area (Å²) in [6.07, 6.45) is -4.98. The SMILES string of the molecule is Cc1cc(NC(=O)C(F)(F)F)ccc1NC(=O)c1cc(N)ccc1Cl. The lowest BCUT2D eigenvalue weighted by Crippen LogP contribution is -2.29. The van der Waals surface area contributed by atoms with E-state index in [2.05, 4.69) is 5.32 Å². The fourth-order valence-electron chi connectivity index (χ4n) is 1.99. The molecule has 0 unspecified atom stereocenters. The molecule has 5 nitrogen and oxygen atoms in total. The third-order valence-electron chi connectivity index (χ3n) is 3.22. The quantitative estimate of drug-likeness (QED) is 0.713. The molecule has 2 aromatic rings. The second kappa shape index (κ2) is 7.02. The maximum atomic E-state index is 12.3. The minimum atomic E-state index is -4.98. The van der Waals surface area contributed by atoms with Gasteiger partial charge in [0.1, 0.15) is 0 Å².